The van der Waals surface area contributed by atoms with Gasteiger partial charge in [0.2, 0.25) is 0 Å². The van der Waals surface area contributed by atoms with Crippen molar-refractivity contribution in [1.82, 2.24) is 5.32 Å². The fourth-order valence-corrected chi connectivity index (χ4v) is 3.50. The molecule has 6 heteroatoms. The largest absolute Gasteiger partial charge is 0.372 e. The molecular formula is C22H23N3O2S. The summed E-state index contributed by atoms with van der Waals surface area (Å²) in [6, 6.07) is 15.2. The van der Waals surface area contributed by atoms with Gasteiger partial charge in [0.15, 0.2) is 5.11 Å². The molecule has 2 aromatic rings. The third-order valence-corrected chi connectivity index (χ3v) is 5.08. The first-order chi connectivity index (χ1) is 13.5. The van der Waals surface area contributed by atoms with Gasteiger partial charge in [-0.25, -0.2) is 0 Å². The highest BCUT2D eigenvalue weighted by molar-refractivity contribution is 7.80. The van der Waals surface area contributed by atoms with Gasteiger partial charge in [0.25, 0.3) is 11.8 Å². The zero-order chi connectivity index (χ0) is 20.3. The van der Waals surface area contributed by atoms with Crippen LogP contribution in [-0.2, 0) is 9.59 Å². The van der Waals surface area contributed by atoms with E-state index in [0.29, 0.717) is 5.69 Å². The maximum Gasteiger partial charge on any atom is 0.270 e. The number of hydrogen-bond donors (Lipinski definition) is 1. The van der Waals surface area contributed by atoms with E-state index in [4.69, 9.17) is 12.2 Å². The monoisotopic (exact) mass is 393 g/mol. The molecule has 0 aromatic heterocycles. The average Bonchev–Trinajstić information content (AvgIpc) is 2.68. The molecule has 1 heterocycles. The molecule has 144 valence electrons. The Morgan fingerprint density at radius 3 is 2.29 bits per heavy atom. The van der Waals surface area contributed by atoms with E-state index < -0.39 is 11.8 Å². The molecule has 1 aliphatic heterocycles. The van der Waals surface area contributed by atoms with Gasteiger partial charge in [-0.3, -0.25) is 19.8 Å². The molecule has 2 amide bonds. The Bertz CT molecular complexity index is 947. The topological polar surface area (TPSA) is 52.7 Å². The highest BCUT2D eigenvalue weighted by Gasteiger charge is 2.34. The van der Waals surface area contributed by atoms with Crippen molar-refractivity contribution in [3.8, 4) is 0 Å². The summed E-state index contributed by atoms with van der Waals surface area (Å²) in [5.74, 6) is -0.900. The number of benzene rings is 2. The SMILES string of the molecule is CCN(CC)c1ccc(/C=C2\C(=O)NC(=S)N(c3ccccc3C)C2=O)cc1. The van der Waals surface area contributed by atoms with Crippen LogP contribution >= 0.6 is 12.2 Å². The zero-order valence-electron chi connectivity index (χ0n) is 16.2. The summed E-state index contributed by atoms with van der Waals surface area (Å²) < 4.78 is 0. The van der Waals surface area contributed by atoms with Crippen molar-refractivity contribution < 1.29 is 9.59 Å². The minimum Gasteiger partial charge on any atom is -0.372 e. The second-order valence-electron chi connectivity index (χ2n) is 6.51. The minimum atomic E-state index is -0.479. The highest BCUT2D eigenvalue weighted by Crippen LogP contribution is 2.25. The Labute approximate surface area is 170 Å². The first-order valence-electron chi connectivity index (χ1n) is 9.28. The zero-order valence-corrected chi connectivity index (χ0v) is 17.0. The Kier molecular flexibility index (Phi) is 5.90. The second-order valence-corrected chi connectivity index (χ2v) is 6.89. The van der Waals surface area contributed by atoms with Gasteiger partial charge in [0.1, 0.15) is 5.57 Å². The number of rotatable bonds is 5. The molecule has 0 radical (unpaired) electrons. The summed E-state index contributed by atoms with van der Waals surface area (Å²) in [4.78, 5) is 29.1. The molecule has 0 atom stereocenters. The summed E-state index contributed by atoms with van der Waals surface area (Å²) in [6.45, 7) is 7.94. The van der Waals surface area contributed by atoms with E-state index in [9.17, 15) is 9.59 Å². The molecule has 28 heavy (non-hydrogen) atoms. The van der Waals surface area contributed by atoms with Gasteiger partial charge >= 0.3 is 0 Å². The number of nitrogens with zero attached hydrogens (tertiary/aromatic N) is 2. The van der Waals surface area contributed by atoms with Gasteiger partial charge in [-0.05, 0) is 68.4 Å². The Morgan fingerprint density at radius 2 is 1.68 bits per heavy atom. The fraction of sp³-hybridized carbons (Fsp3) is 0.227. The number of carbonyl (C=O) groups excluding carboxylic acids is 2. The molecule has 5 nitrogen and oxygen atoms in total. The van der Waals surface area contributed by atoms with Crippen LogP contribution in [0.1, 0.15) is 25.0 Å². The van der Waals surface area contributed by atoms with Crippen molar-refractivity contribution in [3.05, 3.63) is 65.2 Å². The van der Waals surface area contributed by atoms with Gasteiger partial charge in [-0.15, -0.1) is 0 Å². The summed E-state index contributed by atoms with van der Waals surface area (Å²) in [5.41, 5.74) is 3.52. The van der Waals surface area contributed by atoms with Crippen LogP contribution in [0, 0.1) is 6.92 Å². The van der Waals surface area contributed by atoms with Crippen molar-refractivity contribution in [1.29, 1.82) is 0 Å². The van der Waals surface area contributed by atoms with E-state index in [-0.39, 0.29) is 10.7 Å². The normalized spacial score (nSPS) is 15.8. The lowest BCUT2D eigenvalue weighted by atomic mass is 10.1. The maximum absolute atomic E-state index is 13.1. The van der Waals surface area contributed by atoms with Gasteiger partial charge in [0, 0.05) is 18.8 Å². The Hall–Kier alpha value is -2.99. The third kappa shape index (κ3) is 3.82. The highest BCUT2D eigenvalue weighted by atomic mass is 32.1. The molecule has 3 rings (SSSR count). The summed E-state index contributed by atoms with van der Waals surface area (Å²) in [7, 11) is 0. The maximum atomic E-state index is 13.1. The minimum absolute atomic E-state index is 0.0624. The van der Waals surface area contributed by atoms with E-state index in [1.54, 1.807) is 6.08 Å². The molecular weight excluding hydrogens is 370 g/mol. The van der Waals surface area contributed by atoms with E-state index in [1.807, 2.05) is 55.5 Å². The molecule has 1 aliphatic rings. The number of nitrogens with one attached hydrogen (secondary N) is 1. The van der Waals surface area contributed by atoms with Crippen molar-refractivity contribution in [2.24, 2.45) is 0 Å². The molecule has 0 spiro atoms. The van der Waals surface area contributed by atoms with Crippen LogP contribution in [0.4, 0.5) is 11.4 Å². The average molecular weight is 394 g/mol. The molecule has 1 N–H and O–H groups in total. The van der Waals surface area contributed by atoms with Crippen molar-refractivity contribution >= 4 is 46.6 Å². The van der Waals surface area contributed by atoms with E-state index in [1.165, 1.54) is 4.90 Å². The van der Waals surface area contributed by atoms with Gasteiger partial charge in [-0.1, -0.05) is 30.3 Å². The number of amides is 2. The quantitative estimate of drug-likeness (QED) is 0.478. The van der Waals surface area contributed by atoms with Gasteiger partial charge in [-0.2, -0.15) is 0 Å². The van der Waals surface area contributed by atoms with Crippen LogP contribution < -0.4 is 15.1 Å². The number of anilines is 2. The number of hydrogen-bond acceptors (Lipinski definition) is 4. The first-order valence-corrected chi connectivity index (χ1v) is 9.69. The molecule has 0 bridgehead atoms. The predicted molar refractivity (Wildman–Crippen MR) is 117 cm³/mol. The summed E-state index contributed by atoms with van der Waals surface area (Å²) in [5, 5.41) is 2.72. The van der Waals surface area contributed by atoms with Crippen molar-refractivity contribution in [3.63, 3.8) is 0 Å². The van der Waals surface area contributed by atoms with E-state index >= 15 is 0 Å². The number of carbonyl (C=O) groups is 2. The molecule has 1 fully saturated rings. The number of aryl methyl sites for hydroxylation is 1. The van der Waals surface area contributed by atoms with E-state index in [2.05, 4.69) is 24.1 Å². The van der Waals surface area contributed by atoms with Gasteiger partial charge in [0.05, 0.1) is 5.69 Å². The third-order valence-electron chi connectivity index (χ3n) is 4.79. The smallest absolute Gasteiger partial charge is 0.270 e. The molecule has 0 unspecified atom stereocenters. The lowest BCUT2D eigenvalue weighted by Crippen LogP contribution is -2.54. The standard InChI is InChI=1S/C22H23N3O2S/c1-4-24(5-2)17-12-10-16(11-13-17)14-18-20(26)23-22(28)25(21(18)27)19-9-7-6-8-15(19)3/h6-14H,4-5H2,1-3H3,(H,23,26,28)/b18-14+. The van der Waals surface area contributed by atoms with Crippen LogP contribution in [0.2, 0.25) is 0 Å². The summed E-state index contributed by atoms with van der Waals surface area (Å²) in [6.07, 6.45) is 1.61. The Morgan fingerprint density at radius 1 is 1.04 bits per heavy atom. The van der Waals surface area contributed by atoms with Crippen LogP contribution in [0.3, 0.4) is 0 Å². The predicted octanol–water partition coefficient (Wildman–Crippen LogP) is 3.67. The molecule has 1 saturated heterocycles. The van der Waals surface area contributed by atoms with Crippen LogP contribution in [0.15, 0.2) is 54.1 Å². The van der Waals surface area contributed by atoms with Crippen LogP contribution in [0.25, 0.3) is 6.08 Å². The number of thiocarbonyl (C=S) groups is 1. The van der Waals surface area contributed by atoms with Crippen molar-refractivity contribution in [2.75, 3.05) is 22.9 Å². The first kappa shape index (κ1) is 19.8. The Balaban J connectivity index is 1.94. The van der Waals surface area contributed by atoms with Crippen molar-refractivity contribution in [2.45, 2.75) is 20.8 Å². The molecule has 0 aliphatic carbocycles. The lowest BCUT2D eigenvalue weighted by Gasteiger charge is -2.30. The molecule has 0 saturated carbocycles. The molecule has 2 aromatic carbocycles. The lowest BCUT2D eigenvalue weighted by molar-refractivity contribution is -0.122. The van der Waals surface area contributed by atoms with Crippen LogP contribution in [0.5, 0.6) is 0 Å². The summed E-state index contributed by atoms with van der Waals surface area (Å²) >= 11 is 5.25. The van der Waals surface area contributed by atoms with Crippen LogP contribution in [-0.4, -0.2) is 30.0 Å². The van der Waals surface area contributed by atoms with E-state index in [0.717, 1.165) is 29.9 Å². The number of para-hydroxylation sites is 1. The second kappa shape index (κ2) is 8.35. The fourth-order valence-electron chi connectivity index (χ4n) is 3.23. The van der Waals surface area contributed by atoms with Gasteiger partial charge < -0.3 is 4.90 Å².